The number of aromatic nitrogens is 3. The topological polar surface area (TPSA) is 142 Å². The van der Waals surface area contributed by atoms with Gasteiger partial charge < -0.3 is 9.47 Å². The first-order valence-electron chi connectivity index (χ1n) is 5.72. The second-order valence-corrected chi connectivity index (χ2v) is 4.83. The first kappa shape index (κ1) is 16.8. The van der Waals surface area contributed by atoms with E-state index in [0.29, 0.717) is 6.42 Å². The summed E-state index contributed by atoms with van der Waals surface area (Å²) in [4.78, 5) is 15.2. The molecule has 0 saturated heterocycles. The highest BCUT2D eigenvalue weighted by molar-refractivity contribution is 7.85. The van der Waals surface area contributed by atoms with Crippen LogP contribution in [0.4, 0.5) is 10.7 Å². The summed E-state index contributed by atoms with van der Waals surface area (Å²) in [5.74, 6) is -0.272. The van der Waals surface area contributed by atoms with Crippen molar-refractivity contribution in [3.63, 3.8) is 0 Å². The number of hydrogen-bond acceptors (Lipinski definition) is 9. The van der Waals surface area contributed by atoms with Crippen molar-refractivity contribution >= 4 is 22.3 Å². The van der Waals surface area contributed by atoms with Crippen LogP contribution in [0.1, 0.15) is 13.3 Å². The zero-order valence-electron chi connectivity index (χ0n) is 11.6. The van der Waals surface area contributed by atoms with Gasteiger partial charge in [0.15, 0.2) is 0 Å². The summed E-state index contributed by atoms with van der Waals surface area (Å²) in [5.41, 5.74) is 0. The summed E-state index contributed by atoms with van der Waals surface area (Å²) in [6, 6.07) is -1.10. The Labute approximate surface area is 121 Å². The van der Waals surface area contributed by atoms with E-state index in [1.54, 1.807) is 11.6 Å². The molecule has 11 nitrogen and oxygen atoms in total. The Bertz CT molecular complexity index is 592. The number of carbonyl (C=O) groups is 1. The number of rotatable bonds is 7. The van der Waals surface area contributed by atoms with E-state index >= 15 is 0 Å². The molecule has 1 heterocycles. The first-order chi connectivity index (χ1) is 9.91. The molecule has 118 valence electrons. The number of amides is 2. The molecule has 1 rings (SSSR count). The van der Waals surface area contributed by atoms with Crippen molar-refractivity contribution in [2.75, 3.05) is 26.1 Å². The van der Waals surface area contributed by atoms with E-state index in [1.807, 2.05) is 0 Å². The van der Waals surface area contributed by atoms with Crippen LogP contribution in [0, 0.1) is 0 Å². The van der Waals surface area contributed by atoms with Crippen molar-refractivity contribution in [2.24, 2.45) is 0 Å². The Morgan fingerprint density at radius 1 is 1.19 bits per heavy atom. The van der Waals surface area contributed by atoms with Gasteiger partial charge in [-0.05, 0) is 6.42 Å². The van der Waals surface area contributed by atoms with Crippen molar-refractivity contribution in [1.82, 2.24) is 19.9 Å². The van der Waals surface area contributed by atoms with Crippen molar-refractivity contribution < 1.29 is 26.9 Å². The van der Waals surface area contributed by atoms with E-state index in [2.05, 4.69) is 24.7 Å². The third kappa shape index (κ3) is 5.35. The molecule has 1 aromatic rings. The maximum Gasteiger partial charge on any atom is 0.363 e. The largest absolute Gasteiger partial charge is 0.477 e. The summed E-state index contributed by atoms with van der Waals surface area (Å²) >= 11 is 0. The van der Waals surface area contributed by atoms with Crippen molar-refractivity contribution in [2.45, 2.75) is 13.3 Å². The molecule has 0 aromatic carbocycles. The molecule has 0 atom stereocenters. The number of carbonyl (C=O) groups excluding carboxylic acids is 1. The number of ether oxygens (including phenoxy) is 2. The summed E-state index contributed by atoms with van der Waals surface area (Å²) < 4.78 is 38.4. The monoisotopic (exact) mass is 321 g/mol. The lowest BCUT2D eigenvalue weighted by Gasteiger charge is -2.08. The molecule has 2 amide bonds. The molecule has 2 N–H and O–H groups in total. The van der Waals surface area contributed by atoms with Crippen LogP contribution in [0.15, 0.2) is 0 Å². The SMILES string of the molecule is CCCOS(=O)(=O)NC(=O)Nc1nnc(OC)c(OC)n1. The zero-order valence-corrected chi connectivity index (χ0v) is 12.4. The summed E-state index contributed by atoms with van der Waals surface area (Å²) in [5, 5.41) is 9.17. The smallest absolute Gasteiger partial charge is 0.363 e. The standard InChI is InChI=1S/C9H15N5O6S/c1-4-5-20-21(16,17)14-9(15)11-8-10-6(18-2)7(19-3)12-13-8/h4-5H2,1-3H3,(H2,10,11,13,14,15). The van der Waals surface area contributed by atoms with Crippen LogP contribution < -0.4 is 19.5 Å². The van der Waals surface area contributed by atoms with Gasteiger partial charge in [-0.3, -0.25) is 9.50 Å². The third-order valence-electron chi connectivity index (χ3n) is 1.90. The summed E-state index contributed by atoms with van der Waals surface area (Å²) in [6.45, 7) is 1.68. The molecule has 0 unspecified atom stereocenters. The van der Waals surface area contributed by atoms with E-state index in [9.17, 15) is 13.2 Å². The van der Waals surface area contributed by atoms with Crippen LogP contribution in [0.3, 0.4) is 0 Å². The second-order valence-electron chi connectivity index (χ2n) is 3.49. The fraction of sp³-hybridized carbons (Fsp3) is 0.556. The van der Waals surface area contributed by atoms with Crippen molar-refractivity contribution in [3.8, 4) is 11.8 Å². The van der Waals surface area contributed by atoms with Crippen LogP contribution in [0.25, 0.3) is 0 Å². The third-order valence-corrected chi connectivity index (χ3v) is 2.81. The van der Waals surface area contributed by atoms with Crippen LogP contribution in [0.2, 0.25) is 0 Å². The number of nitrogens with one attached hydrogen (secondary N) is 2. The number of hydrogen-bond donors (Lipinski definition) is 2. The van der Waals surface area contributed by atoms with Gasteiger partial charge >= 0.3 is 16.3 Å². The average molecular weight is 321 g/mol. The zero-order chi connectivity index (χ0) is 15.9. The molecule has 0 bridgehead atoms. The van der Waals surface area contributed by atoms with Gasteiger partial charge in [0.1, 0.15) is 0 Å². The van der Waals surface area contributed by atoms with Gasteiger partial charge in [0.2, 0.25) is 0 Å². The van der Waals surface area contributed by atoms with Crippen molar-refractivity contribution in [3.05, 3.63) is 0 Å². The number of methoxy groups -OCH3 is 2. The molecule has 0 spiro atoms. The van der Waals surface area contributed by atoms with E-state index in [1.165, 1.54) is 14.2 Å². The van der Waals surface area contributed by atoms with Crippen LogP contribution >= 0.6 is 0 Å². The molecule has 0 aliphatic carbocycles. The van der Waals surface area contributed by atoms with Gasteiger partial charge in [-0.1, -0.05) is 6.92 Å². The second kappa shape index (κ2) is 7.54. The van der Waals surface area contributed by atoms with Gasteiger partial charge in [0.05, 0.1) is 20.8 Å². The molecule has 0 fully saturated rings. The molecule has 0 aliphatic heterocycles. The Morgan fingerprint density at radius 2 is 1.86 bits per heavy atom. The van der Waals surface area contributed by atoms with E-state index in [-0.39, 0.29) is 24.3 Å². The predicted octanol–water partition coefficient (Wildman–Crippen LogP) is -0.318. The highest BCUT2D eigenvalue weighted by atomic mass is 32.2. The van der Waals surface area contributed by atoms with Crippen LogP contribution in [-0.2, 0) is 14.5 Å². The fourth-order valence-corrected chi connectivity index (χ4v) is 1.80. The lowest BCUT2D eigenvalue weighted by molar-refractivity contribution is 0.253. The van der Waals surface area contributed by atoms with Gasteiger partial charge in [-0.2, -0.15) is 13.4 Å². The molecular formula is C9H15N5O6S. The number of nitrogens with zero attached hydrogens (tertiary/aromatic N) is 3. The predicted molar refractivity (Wildman–Crippen MR) is 70.2 cm³/mol. The van der Waals surface area contributed by atoms with E-state index < -0.39 is 16.3 Å². The molecule has 12 heteroatoms. The Balaban J connectivity index is 2.71. The number of urea groups is 1. The van der Waals surface area contributed by atoms with Crippen LogP contribution in [-0.4, -0.2) is 50.5 Å². The lowest BCUT2D eigenvalue weighted by Crippen LogP contribution is -2.36. The quantitative estimate of drug-likeness (QED) is 0.690. The lowest BCUT2D eigenvalue weighted by atomic mass is 10.5. The minimum atomic E-state index is -4.19. The minimum Gasteiger partial charge on any atom is -0.477 e. The molecule has 0 saturated carbocycles. The van der Waals surface area contributed by atoms with E-state index in [4.69, 9.17) is 9.47 Å². The highest BCUT2D eigenvalue weighted by Crippen LogP contribution is 2.20. The molecule has 0 aliphatic rings. The Morgan fingerprint density at radius 3 is 2.43 bits per heavy atom. The fourth-order valence-electron chi connectivity index (χ4n) is 1.08. The number of anilines is 1. The Hall–Kier alpha value is -2.21. The van der Waals surface area contributed by atoms with Gasteiger partial charge in [-0.15, -0.1) is 10.2 Å². The molecule has 21 heavy (non-hydrogen) atoms. The van der Waals surface area contributed by atoms with Gasteiger partial charge in [0.25, 0.3) is 17.7 Å². The summed E-state index contributed by atoms with van der Waals surface area (Å²) in [7, 11) is -1.53. The highest BCUT2D eigenvalue weighted by Gasteiger charge is 2.17. The molecular weight excluding hydrogens is 306 g/mol. The van der Waals surface area contributed by atoms with Gasteiger partial charge in [-0.25, -0.2) is 9.52 Å². The van der Waals surface area contributed by atoms with Crippen molar-refractivity contribution in [1.29, 1.82) is 0 Å². The average Bonchev–Trinajstić information content (AvgIpc) is 2.44. The normalized spacial score (nSPS) is 10.8. The Kier molecular flexibility index (Phi) is 6.05. The maximum absolute atomic E-state index is 11.5. The molecule has 0 radical (unpaired) electrons. The summed E-state index contributed by atoms with van der Waals surface area (Å²) in [6.07, 6.45) is 0.477. The van der Waals surface area contributed by atoms with Gasteiger partial charge in [0, 0.05) is 0 Å². The molecule has 1 aromatic heterocycles. The van der Waals surface area contributed by atoms with Crippen LogP contribution in [0.5, 0.6) is 11.8 Å². The van der Waals surface area contributed by atoms with E-state index in [0.717, 1.165) is 0 Å². The maximum atomic E-state index is 11.5. The first-order valence-corrected chi connectivity index (χ1v) is 7.13. The minimum absolute atomic E-state index is 0.0161.